The van der Waals surface area contributed by atoms with Crippen molar-refractivity contribution in [2.24, 2.45) is 5.92 Å². The Bertz CT molecular complexity index is 1400. The SMILES string of the molecule is C[C@H]1CN(C(=O)C2CCC(Nc3nccc(-n4ncc5c(OCCCS(C)(=O)=O)cccc54)n3)CC2)CCN1. The number of sulfone groups is 1. The lowest BCUT2D eigenvalue weighted by molar-refractivity contribution is -0.137. The normalized spacial score (nSPS) is 22.1. The average Bonchev–Trinajstić information content (AvgIpc) is 3.36. The number of nitrogens with one attached hydrogen (secondary N) is 2. The predicted molar refractivity (Wildman–Crippen MR) is 150 cm³/mol. The number of carbonyl (C=O) groups excluding carboxylic acids is 1. The van der Waals surface area contributed by atoms with Crippen molar-refractivity contribution in [2.75, 3.05) is 43.6 Å². The molecule has 1 aliphatic carbocycles. The Hall–Kier alpha value is -3.25. The summed E-state index contributed by atoms with van der Waals surface area (Å²) in [5.74, 6) is 2.31. The fourth-order valence-corrected chi connectivity index (χ4v) is 6.07. The number of anilines is 1. The van der Waals surface area contributed by atoms with Crippen LogP contribution in [0.1, 0.15) is 39.0 Å². The Labute approximate surface area is 229 Å². The van der Waals surface area contributed by atoms with Crippen LogP contribution in [0.2, 0.25) is 0 Å². The van der Waals surface area contributed by atoms with Gasteiger partial charge < -0.3 is 20.3 Å². The molecule has 11 nitrogen and oxygen atoms in total. The third-order valence-electron chi connectivity index (χ3n) is 7.44. The lowest BCUT2D eigenvalue weighted by atomic mass is 9.85. The van der Waals surface area contributed by atoms with Crippen LogP contribution in [0.5, 0.6) is 5.75 Å². The lowest BCUT2D eigenvalue weighted by Gasteiger charge is -2.36. The Morgan fingerprint density at radius 1 is 1.21 bits per heavy atom. The van der Waals surface area contributed by atoms with Crippen molar-refractivity contribution < 1.29 is 17.9 Å². The Morgan fingerprint density at radius 3 is 2.79 bits per heavy atom. The summed E-state index contributed by atoms with van der Waals surface area (Å²) in [4.78, 5) is 24.2. The molecule has 3 aromatic rings. The van der Waals surface area contributed by atoms with E-state index in [-0.39, 0.29) is 17.7 Å². The molecule has 0 unspecified atom stereocenters. The molecule has 2 N–H and O–H groups in total. The Balaban J connectivity index is 1.20. The molecule has 3 heterocycles. The number of nitrogens with zero attached hydrogens (tertiary/aromatic N) is 5. The second kappa shape index (κ2) is 11.9. The standard InChI is InChI=1S/C27H37N7O4S/c1-19-18-33(14-13-28-19)26(35)20-7-9-21(10-8-20)31-27-29-12-11-25(32-27)34-23-5-3-6-24(22(23)17-30-34)38-15-4-16-39(2,36)37/h3,5-6,11-12,17,19-21,28H,4,7-10,13-16,18H2,1-2H3,(H,29,31,32)/t19-,20?,21?/m0/s1. The van der Waals surface area contributed by atoms with Gasteiger partial charge in [-0.05, 0) is 51.2 Å². The third-order valence-corrected chi connectivity index (χ3v) is 8.47. The minimum absolute atomic E-state index is 0.0896. The number of carbonyl (C=O) groups is 1. The highest BCUT2D eigenvalue weighted by Gasteiger charge is 2.31. The molecular weight excluding hydrogens is 518 g/mol. The Kier molecular flexibility index (Phi) is 8.31. The number of aromatic nitrogens is 4. The lowest BCUT2D eigenvalue weighted by Crippen LogP contribution is -2.53. The van der Waals surface area contributed by atoms with E-state index in [1.54, 1.807) is 23.1 Å². The summed E-state index contributed by atoms with van der Waals surface area (Å²) in [7, 11) is -3.02. The maximum absolute atomic E-state index is 13.0. The first-order valence-electron chi connectivity index (χ1n) is 13.7. The van der Waals surface area contributed by atoms with Gasteiger partial charge in [0.2, 0.25) is 11.9 Å². The molecule has 5 rings (SSSR count). The molecule has 1 saturated heterocycles. The largest absolute Gasteiger partial charge is 0.493 e. The Morgan fingerprint density at radius 2 is 2.03 bits per heavy atom. The van der Waals surface area contributed by atoms with Crippen LogP contribution in [0.25, 0.3) is 16.7 Å². The predicted octanol–water partition coefficient (Wildman–Crippen LogP) is 2.42. The molecule has 1 saturated carbocycles. The zero-order valence-electron chi connectivity index (χ0n) is 22.5. The van der Waals surface area contributed by atoms with Crippen LogP contribution in [0.4, 0.5) is 5.95 Å². The summed E-state index contributed by atoms with van der Waals surface area (Å²) < 4.78 is 30.4. The molecule has 2 aliphatic rings. The van der Waals surface area contributed by atoms with Crippen molar-refractivity contribution in [1.29, 1.82) is 0 Å². The van der Waals surface area contributed by atoms with Gasteiger partial charge >= 0.3 is 0 Å². The number of fused-ring (bicyclic) bond motifs is 1. The molecule has 39 heavy (non-hydrogen) atoms. The van der Waals surface area contributed by atoms with Gasteiger partial charge in [0.1, 0.15) is 15.6 Å². The quantitative estimate of drug-likeness (QED) is 0.382. The van der Waals surface area contributed by atoms with Gasteiger partial charge in [-0.15, -0.1) is 0 Å². The second-order valence-electron chi connectivity index (χ2n) is 10.6. The molecule has 1 amide bonds. The fourth-order valence-electron chi connectivity index (χ4n) is 5.43. The van der Waals surface area contributed by atoms with Crippen LogP contribution in [0.3, 0.4) is 0 Å². The van der Waals surface area contributed by atoms with Crippen LogP contribution in [-0.4, -0.2) is 89.3 Å². The van der Waals surface area contributed by atoms with Gasteiger partial charge in [0.15, 0.2) is 5.82 Å². The molecule has 2 fully saturated rings. The summed E-state index contributed by atoms with van der Waals surface area (Å²) in [6, 6.07) is 8.05. The molecule has 0 radical (unpaired) electrons. The van der Waals surface area contributed by atoms with E-state index in [2.05, 4.69) is 27.6 Å². The molecule has 1 aliphatic heterocycles. The third kappa shape index (κ3) is 6.85. The first-order valence-corrected chi connectivity index (χ1v) is 15.7. The van der Waals surface area contributed by atoms with E-state index in [1.165, 1.54) is 6.26 Å². The summed E-state index contributed by atoms with van der Waals surface area (Å²) in [6.45, 7) is 4.87. The van der Waals surface area contributed by atoms with E-state index in [9.17, 15) is 13.2 Å². The molecule has 12 heteroatoms. The zero-order chi connectivity index (χ0) is 27.4. The van der Waals surface area contributed by atoms with Crippen LogP contribution >= 0.6 is 0 Å². The number of piperazine rings is 1. The maximum Gasteiger partial charge on any atom is 0.225 e. The van der Waals surface area contributed by atoms with E-state index in [4.69, 9.17) is 9.72 Å². The van der Waals surface area contributed by atoms with E-state index in [0.717, 1.165) is 56.2 Å². The molecule has 0 bridgehead atoms. The topological polar surface area (TPSA) is 131 Å². The van der Waals surface area contributed by atoms with Crippen molar-refractivity contribution in [1.82, 2.24) is 30.0 Å². The highest BCUT2D eigenvalue weighted by Crippen LogP contribution is 2.29. The number of amides is 1. The molecule has 2 aromatic heterocycles. The molecule has 210 valence electrons. The number of rotatable bonds is 9. The molecule has 1 aromatic carbocycles. The summed E-state index contributed by atoms with van der Waals surface area (Å²) >= 11 is 0. The van der Waals surface area contributed by atoms with Crippen LogP contribution in [0.15, 0.2) is 36.7 Å². The van der Waals surface area contributed by atoms with Crippen molar-refractivity contribution in [3.8, 4) is 11.6 Å². The fraction of sp³-hybridized carbons (Fsp3) is 0.556. The van der Waals surface area contributed by atoms with Gasteiger partial charge in [0, 0.05) is 56.2 Å². The number of hydrogen-bond donors (Lipinski definition) is 2. The summed E-state index contributed by atoms with van der Waals surface area (Å²) in [5.41, 5.74) is 0.835. The summed E-state index contributed by atoms with van der Waals surface area (Å²) in [5, 5.41) is 12.2. The first-order chi connectivity index (χ1) is 18.8. The van der Waals surface area contributed by atoms with Gasteiger partial charge in [0.05, 0.1) is 29.5 Å². The van der Waals surface area contributed by atoms with E-state index >= 15 is 0 Å². The van der Waals surface area contributed by atoms with E-state index in [1.807, 2.05) is 23.1 Å². The minimum atomic E-state index is -3.02. The van der Waals surface area contributed by atoms with Crippen molar-refractivity contribution in [3.63, 3.8) is 0 Å². The van der Waals surface area contributed by atoms with Gasteiger partial charge in [-0.1, -0.05) is 6.07 Å². The zero-order valence-corrected chi connectivity index (χ0v) is 23.4. The highest BCUT2D eigenvalue weighted by atomic mass is 32.2. The van der Waals surface area contributed by atoms with Gasteiger partial charge in [-0.2, -0.15) is 10.1 Å². The number of benzene rings is 1. The average molecular weight is 556 g/mol. The van der Waals surface area contributed by atoms with Crippen molar-refractivity contribution >= 4 is 32.6 Å². The minimum Gasteiger partial charge on any atom is -0.493 e. The van der Waals surface area contributed by atoms with Crippen LogP contribution < -0.4 is 15.4 Å². The monoisotopic (exact) mass is 555 g/mol. The van der Waals surface area contributed by atoms with Gasteiger partial charge in [0.25, 0.3) is 0 Å². The van der Waals surface area contributed by atoms with E-state index in [0.29, 0.717) is 42.5 Å². The molecule has 1 atom stereocenters. The van der Waals surface area contributed by atoms with Gasteiger partial charge in [-0.3, -0.25) is 4.79 Å². The second-order valence-corrected chi connectivity index (χ2v) is 12.9. The molecular formula is C27H37N7O4S. The van der Waals surface area contributed by atoms with Crippen LogP contribution in [0, 0.1) is 5.92 Å². The van der Waals surface area contributed by atoms with Crippen molar-refractivity contribution in [2.45, 2.75) is 51.1 Å². The smallest absolute Gasteiger partial charge is 0.225 e. The molecule has 0 spiro atoms. The van der Waals surface area contributed by atoms with Gasteiger partial charge in [-0.25, -0.2) is 18.1 Å². The van der Waals surface area contributed by atoms with Crippen LogP contribution in [-0.2, 0) is 14.6 Å². The number of ether oxygens (including phenoxy) is 1. The van der Waals surface area contributed by atoms with Crippen molar-refractivity contribution in [3.05, 3.63) is 36.7 Å². The summed E-state index contributed by atoms with van der Waals surface area (Å²) in [6.07, 6.45) is 8.63. The highest BCUT2D eigenvalue weighted by molar-refractivity contribution is 7.90. The maximum atomic E-state index is 13.0. The van der Waals surface area contributed by atoms with E-state index < -0.39 is 9.84 Å². The number of hydrogen-bond acceptors (Lipinski definition) is 9. The first kappa shape index (κ1) is 27.3.